The maximum absolute atomic E-state index is 14.6. The molecule has 2 aliphatic rings. The van der Waals surface area contributed by atoms with E-state index in [4.69, 9.17) is 5.73 Å². The number of nitrogens with two attached hydrogens (primary N) is 1. The Bertz CT molecular complexity index is 802. The van der Waals surface area contributed by atoms with Gasteiger partial charge in [-0.1, -0.05) is 0 Å². The summed E-state index contributed by atoms with van der Waals surface area (Å²) >= 11 is 0. The third-order valence-electron chi connectivity index (χ3n) is 4.83. The number of hydrogen-bond acceptors (Lipinski definition) is 4. The number of rotatable bonds is 3. The first kappa shape index (κ1) is 14.2. The molecule has 0 aromatic carbocycles. The molecule has 0 radical (unpaired) electrons. The Morgan fingerprint density at radius 1 is 1.48 bits per heavy atom. The highest BCUT2D eigenvalue weighted by Gasteiger charge is 2.53. The van der Waals surface area contributed by atoms with Crippen LogP contribution in [0.1, 0.15) is 30.6 Å². The van der Waals surface area contributed by atoms with Gasteiger partial charge in [-0.25, -0.2) is 9.37 Å². The van der Waals surface area contributed by atoms with E-state index in [1.165, 1.54) is 11.0 Å². The standard InChI is InChI=1S/C16H18FN5O/c1-8-12(9(2)22-7-11(18)5-19-22)4-14(17)15(20-8)21-6-10-3-13(10)16(21)23/h4-5,7,9-10,13H,3,6,18H2,1-2H3/t9?,10-,13-/m1/s1. The molecule has 2 aromatic rings. The van der Waals surface area contributed by atoms with Crippen molar-refractivity contribution in [2.24, 2.45) is 11.8 Å². The average molecular weight is 315 g/mol. The van der Waals surface area contributed by atoms with Crippen LogP contribution in [0.5, 0.6) is 0 Å². The molecule has 2 aromatic heterocycles. The zero-order valence-electron chi connectivity index (χ0n) is 13.0. The van der Waals surface area contributed by atoms with Gasteiger partial charge < -0.3 is 5.73 Å². The van der Waals surface area contributed by atoms with Crippen LogP contribution in [0, 0.1) is 24.6 Å². The molecule has 1 amide bonds. The van der Waals surface area contributed by atoms with Crippen LogP contribution in [0.25, 0.3) is 0 Å². The van der Waals surface area contributed by atoms with Gasteiger partial charge in [0, 0.05) is 29.9 Å². The topological polar surface area (TPSA) is 77.0 Å². The minimum atomic E-state index is -0.466. The molecule has 1 unspecified atom stereocenters. The number of nitrogens with zero attached hydrogens (tertiary/aromatic N) is 4. The van der Waals surface area contributed by atoms with E-state index in [1.54, 1.807) is 17.1 Å². The normalized spacial score (nSPS) is 24.0. The highest BCUT2D eigenvalue weighted by atomic mass is 19.1. The predicted molar refractivity (Wildman–Crippen MR) is 83.3 cm³/mol. The van der Waals surface area contributed by atoms with Crippen LogP contribution in [-0.4, -0.2) is 27.2 Å². The molecule has 2 N–H and O–H groups in total. The number of halogens is 1. The van der Waals surface area contributed by atoms with Crippen LogP contribution in [0.15, 0.2) is 18.5 Å². The molecule has 4 rings (SSSR count). The van der Waals surface area contributed by atoms with Gasteiger partial charge in [0.15, 0.2) is 11.6 Å². The lowest BCUT2D eigenvalue weighted by atomic mass is 10.1. The van der Waals surface area contributed by atoms with Crippen molar-refractivity contribution in [1.82, 2.24) is 14.8 Å². The number of hydrogen-bond donors (Lipinski definition) is 1. The van der Waals surface area contributed by atoms with Gasteiger partial charge in [-0.05, 0) is 32.3 Å². The Morgan fingerprint density at radius 2 is 2.26 bits per heavy atom. The fraction of sp³-hybridized carbons (Fsp3) is 0.438. The quantitative estimate of drug-likeness (QED) is 0.938. The van der Waals surface area contributed by atoms with Crippen LogP contribution in [0.3, 0.4) is 0 Å². The summed E-state index contributed by atoms with van der Waals surface area (Å²) in [6.07, 6.45) is 4.19. The summed E-state index contributed by atoms with van der Waals surface area (Å²) in [6, 6.07) is 1.27. The van der Waals surface area contributed by atoms with Crippen molar-refractivity contribution in [1.29, 1.82) is 0 Å². The summed E-state index contributed by atoms with van der Waals surface area (Å²) in [4.78, 5) is 18.0. The molecular weight excluding hydrogens is 297 g/mol. The van der Waals surface area contributed by atoms with Crippen LogP contribution < -0.4 is 10.6 Å². The Kier molecular flexibility index (Phi) is 2.94. The van der Waals surface area contributed by atoms with Gasteiger partial charge in [0.25, 0.3) is 0 Å². The van der Waals surface area contributed by atoms with Crippen molar-refractivity contribution in [3.8, 4) is 0 Å². The van der Waals surface area contributed by atoms with E-state index in [9.17, 15) is 9.18 Å². The molecule has 23 heavy (non-hydrogen) atoms. The third kappa shape index (κ3) is 2.18. The highest BCUT2D eigenvalue weighted by molar-refractivity contribution is 5.99. The molecular formula is C16H18FN5O. The average Bonchev–Trinajstić information content (AvgIpc) is 3.05. The van der Waals surface area contributed by atoms with Gasteiger partial charge in [-0.15, -0.1) is 0 Å². The lowest BCUT2D eigenvalue weighted by Gasteiger charge is -2.21. The number of nitrogen functional groups attached to an aromatic ring is 1. The maximum Gasteiger partial charge on any atom is 0.231 e. The summed E-state index contributed by atoms with van der Waals surface area (Å²) in [5.74, 6) is 0.154. The van der Waals surface area contributed by atoms with Crippen molar-refractivity contribution >= 4 is 17.4 Å². The first-order valence-corrected chi connectivity index (χ1v) is 7.73. The van der Waals surface area contributed by atoms with E-state index in [0.717, 1.165) is 12.0 Å². The van der Waals surface area contributed by atoms with E-state index >= 15 is 0 Å². The van der Waals surface area contributed by atoms with Gasteiger partial charge in [-0.3, -0.25) is 14.4 Å². The fourth-order valence-corrected chi connectivity index (χ4v) is 3.37. The summed E-state index contributed by atoms with van der Waals surface area (Å²) < 4.78 is 16.2. The van der Waals surface area contributed by atoms with Crippen LogP contribution in [-0.2, 0) is 4.79 Å². The second-order valence-corrected chi connectivity index (χ2v) is 6.45. The van der Waals surface area contributed by atoms with E-state index in [1.807, 2.05) is 13.8 Å². The first-order chi connectivity index (χ1) is 11.0. The molecule has 6 nitrogen and oxygen atoms in total. The van der Waals surface area contributed by atoms with Crippen molar-refractivity contribution < 1.29 is 9.18 Å². The number of aryl methyl sites for hydroxylation is 1. The minimum Gasteiger partial charge on any atom is -0.396 e. The van der Waals surface area contributed by atoms with E-state index in [-0.39, 0.29) is 23.7 Å². The number of piperidine rings is 1. The summed E-state index contributed by atoms with van der Waals surface area (Å²) in [6.45, 7) is 4.31. The Morgan fingerprint density at radius 3 is 2.87 bits per heavy atom. The van der Waals surface area contributed by atoms with Gasteiger partial charge in [0.05, 0.1) is 17.9 Å². The molecule has 1 saturated carbocycles. The minimum absolute atomic E-state index is 0.00134. The van der Waals surface area contributed by atoms with Crippen molar-refractivity contribution in [2.45, 2.75) is 26.3 Å². The lowest BCUT2D eigenvalue weighted by molar-refractivity contribution is -0.118. The number of carbonyl (C=O) groups is 1. The Labute approximate surface area is 133 Å². The van der Waals surface area contributed by atoms with Gasteiger partial charge >= 0.3 is 0 Å². The van der Waals surface area contributed by atoms with Crippen molar-refractivity contribution in [3.05, 3.63) is 35.5 Å². The smallest absolute Gasteiger partial charge is 0.231 e. The number of fused-ring (bicyclic) bond motifs is 1. The van der Waals surface area contributed by atoms with Gasteiger partial charge in [0.2, 0.25) is 5.91 Å². The summed E-state index contributed by atoms with van der Waals surface area (Å²) in [5.41, 5.74) is 7.66. The summed E-state index contributed by atoms with van der Waals surface area (Å²) in [5, 5.41) is 4.17. The number of aromatic nitrogens is 3. The van der Waals surface area contributed by atoms with E-state index in [2.05, 4.69) is 10.1 Å². The van der Waals surface area contributed by atoms with Crippen LogP contribution >= 0.6 is 0 Å². The molecule has 1 aliphatic carbocycles. The number of amides is 1. The van der Waals surface area contributed by atoms with Gasteiger partial charge in [-0.2, -0.15) is 5.10 Å². The van der Waals surface area contributed by atoms with Gasteiger partial charge in [0.1, 0.15) is 0 Å². The molecule has 120 valence electrons. The maximum atomic E-state index is 14.6. The molecule has 3 heterocycles. The lowest BCUT2D eigenvalue weighted by Crippen LogP contribution is -2.30. The zero-order chi connectivity index (χ0) is 16.3. The SMILES string of the molecule is Cc1nc(N2C[C@H]3C[C@H]3C2=O)c(F)cc1C(C)n1cc(N)cn1. The number of carbonyl (C=O) groups excluding carboxylic acids is 1. The first-order valence-electron chi connectivity index (χ1n) is 7.73. The molecule has 1 saturated heterocycles. The van der Waals surface area contributed by atoms with Crippen LogP contribution in [0.4, 0.5) is 15.9 Å². The number of anilines is 2. The highest BCUT2D eigenvalue weighted by Crippen LogP contribution is 2.47. The second kappa shape index (κ2) is 4.78. The Balaban J connectivity index is 1.68. The van der Waals surface area contributed by atoms with Crippen molar-refractivity contribution in [2.75, 3.05) is 17.2 Å². The molecule has 1 aliphatic heterocycles. The van der Waals surface area contributed by atoms with Crippen molar-refractivity contribution in [3.63, 3.8) is 0 Å². The molecule has 2 fully saturated rings. The third-order valence-corrected chi connectivity index (χ3v) is 4.83. The molecule has 0 bridgehead atoms. The zero-order valence-corrected chi connectivity index (χ0v) is 13.0. The number of pyridine rings is 1. The van der Waals surface area contributed by atoms with E-state index < -0.39 is 5.82 Å². The molecule has 0 spiro atoms. The van der Waals surface area contributed by atoms with E-state index in [0.29, 0.717) is 23.8 Å². The van der Waals surface area contributed by atoms with Crippen LogP contribution in [0.2, 0.25) is 0 Å². The second-order valence-electron chi connectivity index (χ2n) is 6.45. The summed E-state index contributed by atoms with van der Waals surface area (Å²) in [7, 11) is 0. The monoisotopic (exact) mass is 315 g/mol. The molecule has 7 heteroatoms. The molecule has 3 atom stereocenters. The largest absolute Gasteiger partial charge is 0.396 e. The fourth-order valence-electron chi connectivity index (χ4n) is 3.37. The Hall–Kier alpha value is -2.44. The predicted octanol–water partition coefficient (Wildman–Crippen LogP) is 1.90.